The summed E-state index contributed by atoms with van der Waals surface area (Å²) in [5.41, 5.74) is 2.40. The Morgan fingerprint density at radius 3 is 3.12 bits per heavy atom. The van der Waals surface area contributed by atoms with Crippen LogP contribution in [-0.2, 0) is 11.2 Å². The van der Waals surface area contributed by atoms with Crippen molar-refractivity contribution in [3.8, 4) is 0 Å². The van der Waals surface area contributed by atoms with E-state index in [0.717, 1.165) is 29.3 Å². The zero-order chi connectivity index (χ0) is 11.5. The molecular weight excluding hydrogens is 270 g/mol. The van der Waals surface area contributed by atoms with Crippen LogP contribution in [-0.4, -0.2) is 13.1 Å². The summed E-state index contributed by atoms with van der Waals surface area (Å²) in [6.45, 7) is 0. The molecule has 0 heterocycles. The number of halogens is 1. The van der Waals surface area contributed by atoms with Crippen LogP contribution >= 0.6 is 15.9 Å². The van der Waals surface area contributed by atoms with Crippen molar-refractivity contribution in [2.24, 2.45) is 0 Å². The molecule has 0 saturated heterocycles. The van der Waals surface area contributed by atoms with Crippen molar-refractivity contribution in [2.75, 3.05) is 7.05 Å². The number of alkyl carbamates (subject to hydrolysis) is 1. The van der Waals surface area contributed by atoms with Gasteiger partial charge in [-0.05, 0) is 36.5 Å². The summed E-state index contributed by atoms with van der Waals surface area (Å²) >= 11 is 3.54. The number of hydrogen-bond acceptors (Lipinski definition) is 2. The Balaban J connectivity index is 2.26. The van der Waals surface area contributed by atoms with E-state index in [1.54, 1.807) is 7.05 Å². The van der Waals surface area contributed by atoms with Crippen molar-refractivity contribution in [2.45, 2.75) is 25.4 Å². The van der Waals surface area contributed by atoms with Gasteiger partial charge in [0.2, 0.25) is 0 Å². The average molecular weight is 284 g/mol. The first-order chi connectivity index (χ1) is 7.72. The molecule has 1 aliphatic carbocycles. The summed E-state index contributed by atoms with van der Waals surface area (Å²) in [7, 11) is 1.58. The minimum absolute atomic E-state index is 0.110. The average Bonchev–Trinajstić information content (AvgIpc) is 2.30. The highest BCUT2D eigenvalue weighted by Crippen LogP contribution is 2.36. The molecular formula is C12H14BrNO2. The van der Waals surface area contributed by atoms with Gasteiger partial charge in [0.05, 0.1) is 0 Å². The topological polar surface area (TPSA) is 38.3 Å². The smallest absolute Gasteiger partial charge is 0.407 e. The Hall–Kier alpha value is -1.03. The summed E-state index contributed by atoms with van der Waals surface area (Å²) in [6, 6.07) is 6.04. The maximum absolute atomic E-state index is 11.2. The highest BCUT2D eigenvalue weighted by Gasteiger charge is 2.24. The zero-order valence-corrected chi connectivity index (χ0v) is 10.7. The van der Waals surface area contributed by atoms with Crippen LogP contribution in [0.25, 0.3) is 0 Å². The Labute approximate surface area is 103 Å². The van der Waals surface area contributed by atoms with E-state index >= 15 is 0 Å². The van der Waals surface area contributed by atoms with Crippen LogP contribution in [0.4, 0.5) is 4.79 Å². The molecule has 4 heteroatoms. The van der Waals surface area contributed by atoms with E-state index in [0.29, 0.717) is 0 Å². The quantitative estimate of drug-likeness (QED) is 0.860. The van der Waals surface area contributed by atoms with Gasteiger partial charge in [0.15, 0.2) is 0 Å². The first-order valence-electron chi connectivity index (χ1n) is 5.38. The van der Waals surface area contributed by atoms with Crippen molar-refractivity contribution in [3.63, 3.8) is 0 Å². The van der Waals surface area contributed by atoms with Gasteiger partial charge in [0.1, 0.15) is 6.10 Å². The lowest BCUT2D eigenvalue weighted by Crippen LogP contribution is -2.24. The predicted molar refractivity (Wildman–Crippen MR) is 65.4 cm³/mol. The van der Waals surface area contributed by atoms with Crippen molar-refractivity contribution in [1.82, 2.24) is 5.32 Å². The number of rotatable bonds is 1. The van der Waals surface area contributed by atoms with Gasteiger partial charge >= 0.3 is 6.09 Å². The number of fused-ring (bicyclic) bond motifs is 1. The molecule has 0 bridgehead atoms. The first kappa shape index (κ1) is 11.5. The lowest BCUT2D eigenvalue weighted by atomic mass is 9.89. The molecule has 2 rings (SSSR count). The van der Waals surface area contributed by atoms with E-state index in [-0.39, 0.29) is 12.2 Å². The van der Waals surface area contributed by atoms with E-state index in [4.69, 9.17) is 4.74 Å². The van der Waals surface area contributed by atoms with Crippen LogP contribution in [0.1, 0.15) is 30.1 Å². The zero-order valence-electron chi connectivity index (χ0n) is 9.13. The van der Waals surface area contributed by atoms with Gasteiger partial charge in [-0.2, -0.15) is 0 Å². The number of carbonyl (C=O) groups is 1. The van der Waals surface area contributed by atoms with Crippen LogP contribution in [0.15, 0.2) is 22.7 Å². The maximum Gasteiger partial charge on any atom is 0.407 e. The number of amides is 1. The summed E-state index contributed by atoms with van der Waals surface area (Å²) in [6.07, 6.45) is 2.53. The van der Waals surface area contributed by atoms with Gasteiger partial charge in [-0.15, -0.1) is 0 Å². The summed E-state index contributed by atoms with van der Waals surface area (Å²) in [5.74, 6) is 0. The molecule has 16 heavy (non-hydrogen) atoms. The van der Waals surface area contributed by atoms with Crippen molar-refractivity contribution in [1.29, 1.82) is 0 Å². The number of ether oxygens (including phenoxy) is 1. The first-order valence-corrected chi connectivity index (χ1v) is 6.17. The van der Waals surface area contributed by atoms with E-state index < -0.39 is 0 Å². The fraction of sp³-hybridized carbons (Fsp3) is 0.417. The molecule has 1 atom stereocenters. The lowest BCUT2D eigenvalue weighted by molar-refractivity contribution is 0.0891. The fourth-order valence-corrected chi connectivity index (χ4v) is 2.65. The second-order valence-corrected chi connectivity index (χ2v) is 4.70. The third kappa shape index (κ3) is 2.21. The molecule has 86 valence electrons. The second-order valence-electron chi connectivity index (χ2n) is 3.84. The van der Waals surface area contributed by atoms with E-state index in [2.05, 4.69) is 21.2 Å². The van der Waals surface area contributed by atoms with Crippen molar-refractivity contribution < 1.29 is 9.53 Å². The van der Waals surface area contributed by atoms with Crippen LogP contribution in [0, 0.1) is 0 Å². The highest BCUT2D eigenvalue weighted by molar-refractivity contribution is 9.10. The Morgan fingerprint density at radius 1 is 1.56 bits per heavy atom. The third-order valence-corrected chi connectivity index (χ3v) is 3.59. The van der Waals surface area contributed by atoms with Crippen LogP contribution in [0.5, 0.6) is 0 Å². The molecule has 1 N–H and O–H groups in total. The summed E-state index contributed by atoms with van der Waals surface area (Å²) < 4.78 is 6.46. The molecule has 3 nitrogen and oxygen atoms in total. The molecule has 0 aromatic heterocycles. The number of carbonyl (C=O) groups excluding carboxylic acids is 1. The molecule has 1 aromatic carbocycles. The largest absolute Gasteiger partial charge is 0.441 e. The molecule has 0 aliphatic heterocycles. The Bertz CT molecular complexity index is 406. The Kier molecular flexibility index (Phi) is 3.49. The highest BCUT2D eigenvalue weighted by atomic mass is 79.9. The standard InChI is InChI=1S/C12H14BrNO2/c1-14-12(15)16-11-7-3-4-8-9(11)5-2-6-10(8)13/h2,5-6,11H,3-4,7H2,1H3,(H,14,15). The maximum atomic E-state index is 11.2. The number of hydrogen-bond donors (Lipinski definition) is 1. The number of nitrogens with one attached hydrogen (secondary N) is 1. The normalized spacial score (nSPS) is 18.8. The molecule has 1 aromatic rings. The lowest BCUT2D eigenvalue weighted by Gasteiger charge is -2.25. The summed E-state index contributed by atoms with van der Waals surface area (Å²) in [5, 5.41) is 2.48. The molecule has 0 radical (unpaired) electrons. The monoisotopic (exact) mass is 283 g/mol. The second kappa shape index (κ2) is 4.87. The van der Waals surface area contributed by atoms with E-state index in [1.807, 2.05) is 18.2 Å². The van der Waals surface area contributed by atoms with Gasteiger partial charge in [-0.1, -0.05) is 28.1 Å². The van der Waals surface area contributed by atoms with Crippen LogP contribution < -0.4 is 5.32 Å². The van der Waals surface area contributed by atoms with Crippen molar-refractivity contribution >= 4 is 22.0 Å². The van der Waals surface area contributed by atoms with Gasteiger partial charge in [0.25, 0.3) is 0 Å². The number of benzene rings is 1. The van der Waals surface area contributed by atoms with Crippen LogP contribution in [0.3, 0.4) is 0 Å². The van der Waals surface area contributed by atoms with E-state index in [1.165, 1.54) is 5.56 Å². The Morgan fingerprint density at radius 2 is 2.38 bits per heavy atom. The van der Waals surface area contributed by atoms with Gasteiger partial charge in [-0.3, -0.25) is 0 Å². The third-order valence-electron chi connectivity index (χ3n) is 2.85. The van der Waals surface area contributed by atoms with E-state index in [9.17, 15) is 4.79 Å². The molecule has 1 unspecified atom stereocenters. The SMILES string of the molecule is CNC(=O)OC1CCCc2c(Br)cccc21. The molecule has 0 saturated carbocycles. The van der Waals surface area contributed by atoms with Crippen LogP contribution in [0.2, 0.25) is 0 Å². The molecule has 0 spiro atoms. The van der Waals surface area contributed by atoms with Gasteiger partial charge < -0.3 is 10.1 Å². The summed E-state index contributed by atoms with van der Waals surface area (Å²) in [4.78, 5) is 11.2. The molecule has 0 fully saturated rings. The minimum Gasteiger partial charge on any atom is -0.441 e. The minimum atomic E-state index is -0.363. The van der Waals surface area contributed by atoms with Gasteiger partial charge in [0, 0.05) is 11.5 Å². The fourth-order valence-electron chi connectivity index (χ4n) is 2.07. The van der Waals surface area contributed by atoms with Crippen molar-refractivity contribution in [3.05, 3.63) is 33.8 Å². The van der Waals surface area contributed by atoms with Gasteiger partial charge in [-0.25, -0.2) is 4.79 Å². The predicted octanol–water partition coefficient (Wildman–Crippen LogP) is 3.18. The molecule has 1 amide bonds. The molecule has 1 aliphatic rings.